The maximum absolute atomic E-state index is 13.6. The molecule has 3 aromatic rings. The minimum absolute atomic E-state index is 0.0968. The van der Waals surface area contributed by atoms with E-state index in [1.165, 1.54) is 10.2 Å². The summed E-state index contributed by atoms with van der Waals surface area (Å²) in [7, 11) is 3.68. The summed E-state index contributed by atoms with van der Waals surface area (Å²) in [5.41, 5.74) is 5.21. The number of carbonyl (C=O) groups excluding carboxylic acids is 3. The number of hydrogen-bond acceptors (Lipinski definition) is 9. The second kappa shape index (κ2) is 14.4. The van der Waals surface area contributed by atoms with Gasteiger partial charge in [-0.3, -0.25) is 29.5 Å². The zero-order valence-electron chi connectivity index (χ0n) is 29.7. The molecule has 0 saturated carbocycles. The highest BCUT2D eigenvalue weighted by Crippen LogP contribution is 2.43. The average molecular weight is 715 g/mol. The number of aromatic nitrogens is 3. The van der Waals surface area contributed by atoms with Crippen molar-refractivity contribution in [1.29, 1.82) is 0 Å². The third-order valence-corrected chi connectivity index (χ3v) is 12.0. The largest absolute Gasteiger partial charge is 0.378 e. The van der Waals surface area contributed by atoms with E-state index in [2.05, 4.69) is 50.8 Å². The van der Waals surface area contributed by atoms with E-state index in [9.17, 15) is 19.2 Å². The standard InChI is InChI=1S/C38H47ClN8O4/c1-24-18-29(20-40-34(24)30-8-9-32(48)43-35(30)49)46-14-10-38(11-15-46)12-16-47(17-13-38)36(50)26-6-4-25(5-7-26)27-19-28(23-44(2)22-27)42-31-21-41-45(3)37(51)33(31)39/h4-7,18,20-21,27-28,30,42H,8-17,19,22-23H2,1-3H3,(H,43,48,49)/t27-,28+,30?/m0/s1. The van der Waals surface area contributed by atoms with Crippen molar-refractivity contribution in [2.24, 2.45) is 12.5 Å². The number of likely N-dealkylation sites (N-methyl/N-ethyl adjacent to an activating group) is 1. The van der Waals surface area contributed by atoms with Crippen molar-refractivity contribution < 1.29 is 14.4 Å². The fourth-order valence-corrected chi connectivity index (χ4v) is 8.79. The molecule has 0 radical (unpaired) electrons. The van der Waals surface area contributed by atoms with Crippen LogP contribution in [0.2, 0.25) is 5.02 Å². The van der Waals surface area contributed by atoms with Gasteiger partial charge in [0.15, 0.2) is 0 Å². The maximum Gasteiger partial charge on any atom is 0.287 e. The Labute approximate surface area is 303 Å². The van der Waals surface area contributed by atoms with Gasteiger partial charge in [-0.05, 0) is 93.2 Å². The Kier molecular flexibility index (Phi) is 9.91. The van der Waals surface area contributed by atoms with Crippen molar-refractivity contribution in [2.45, 2.75) is 69.7 Å². The number of pyridine rings is 1. The molecule has 1 spiro atoms. The number of piperidine rings is 4. The van der Waals surface area contributed by atoms with Crippen LogP contribution in [-0.2, 0) is 16.6 Å². The van der Waals surface area contributed by atoms with E-state index >= 15 is 0 Å². The highest BCUT2D eigenvalue weighted by Gasteiger charge is 2.39. The van der Waals surface area contributed by atoms with Crippen molar-refractivity contribution in [3.05, 3.63) is 80.5 Å². The van der Waals surface area contributed by atoms with Crippen molar-refractivity contribution in [2.75, 3.05) is 56.5 Å². The van der Waals surface area contributed by atoms with Gasteiger partial charge in [-0.2, -0.15) is 5.10 Å². The third-order valence-electron chi connectivity index (χ3n) is 11.7. The fourth-order valence-electron chi connectivity index (χ4n) is 8.56. The normalized spacial score (nSPS) is 24.0. The van der Waals surface area contributed by atoms with Crippen LogP contribution in [0.25, 0.3) is 0 Å². The Morgan fingerprint density at radius 3 is 2.37 bits per heavy atom. The number of rotatable bonds is 6. The summed E-state index contributed by atoms with van der Waals surface area (Å²) in [4.78, 5) is 61.2. The Bertz CT molecular complexity index is 1860. The van der Waals surface area contributed by atoms with Gasteiger partial charge in [0.2, 0.25) is 11.8 Å². The molecular formula is C38H47ClN8O4. The topological polar surface area (TPSA) is 133 Å². The molecule has 4 aliphatic heterocycles. The molecule has 13 heteroatoms. The molecule has 1 unspecified atom stereocenters. The number of halogens is 1. The van der Waals surface area contributed by atoms with Crippen LogP contribution in [0.3, 0.4) is 0 Å². The van der Waals surface area contributed by atoms with Gasteiger partial charge in [0.25, 0.3) is 11.5 Å². The molecular weight excluding hydrogens is 668 g/mol. The van der Waals surface area contributed by atoms with Gasteiger partial charge in [0, 0.05) is 64.3 Å². The Balaban J connectivity index is 0.911. The molecule has 270 valence electrons. The van der Waals surface area contributed by atoms with Crippen molar-refractivity contribution >= 4 is 40.7 Å². The van der Waals surface area contributed by atoms with E-state index in [1.807, 2.05) is 30.2 Å². The summed E-state index contributed by atoms with van der Waals surface area (Å²) in [6, 6.07) is 10.4. The second-order valence-corrected chi connectivity index (χ2v) is 15.5. The van der Waals surface area contributed by atoms with Crippen LogP contribution in [0, 0.1) is 12.3 Å². The van der Waals surface area contributed by atoms with Gasteiger partial charge >= 0.3 is 0 Å². The predicted molar refractivity (Wildman–Crippen MR) is 196 cm³/mol. The van der Waals surface area contributed by atoms with E-state index in [1.54, 1.807) is 13.2 Å². The number of imide groups is 1. The minimum Gasteiger partial charge on any atom is -0.378 e. The smallest absolute Gasteiger partial charge is 0.287 e. The number of anilines is 2. The first-order valence-electron chi connectivity index (χ1n) is 18.1. The molecule has 4 saturated heterocycles. The highest BCUT2D eigenvalue weighted by molar-refractivity contribution is 6.32. The van der Waals surface area contributed by atoms with Crippen molar-refractivity contribution in [1.82, 2.24) is 29.9 Å². The summed E-state index contributed by atoms with van der Waals surface area (Å²) >= 11 is 6.32. The summed E-state index contributed by atoms with van der Waals surface area (Å²) in [5, 5.41) is 10.1. The molecule has 4 fully saturated rings. The first-order valence-corrected chi connectivity index (χ1v) is 18.5. The monoisotopic (exact) mass is 714 g/mol. The van der Waals surface area contributed by atoms with Gasteiger partial charge in [-0.1, -0.05) is 23.7 Å². The Morgan fingerprint density at radius 1 is 0.980 bits per heavy atom. The fraction of sp³-hybridized carbons (Fsp3) is 0.526. The van der Waals surface area contributed by atoms with E-state index < -0.39 is 0 Å². The molecule has 1 aromatic carbocycles. The molecule has 2 aromatic heterocycles. The van der Waals surface area contributed by atoms with Crippen LogP contribution in [0.15, 0.2) is 47.5 Å². The summed E-state index contributed by atoms with van der Waals surface area (Å²) < 4.78 is 1.23. The number of benzene rings is 1. The number of hydrogen-bond donors (Lipinski definition) is 2. The van der Waals surface area contributed by atoms with Crippen LogP contribution >= 0.6 is 11.6 Å². The maximum atomic E-state index is 13.6. The number of carbonyl (C=O) groups is 3. The van der Waals surface area contributed by atoms with Gasteiger partial charge in [0.05, 0.1) is 35.4 Å². The van der Waals surface area contributed by atoms with E-state index in [0.717, 1.165) is 93.9 Å². The van der Waals surface area contributed by atoms with Crippen LogP contribution in [0.5, 0.6) is 0 Å². The van der Waals surface area contributed by atoms with Crippen LogP contribution in [-0.4, -0.2) is 94.6 Å². The average Bonchev–Trinajstić information content (AvgIpc) is 3.12. The van der Waals surface area contributed by atoms with Crippen LogP contribution < -0.4 is 21.1 Å². The van der Waals surface area contributed by atoms with E-state index in [-0.39, 0.29) is 51.6 Å². The SMILES string of the molecule is Cc1cc(N2CCC3(CCN(C(=O)c4ccc([C@H]5C[C@@H](Nc6cnn(C)c(=O)c6Cl)CN(C)C5)cc4)CC3)CC2)cnc1C1CCC(=O)NC1=O. The zero-order chi connectivity index (χ0) is 35.9. The zero-order valence-corrected chi connectivity index (χ0v) is 30.4. The molecule has 12 nitrogen and oxygen atoms in total. The lowest BCUT2D eigenvalue weighted by Gasteiger charge is -2.47. The van der Waals surface area contributed by atoms with Gasteiger partial charge < -0.3 is 20.0 Å². The number of nitrogens with zero attached hydrogens (tertiary/aromatic N) is 6. The molecule has 0 bridgehead atoms. The lowest BCUT2D eigenvalue weighted by molar-refractivity contribution is -0.134. The second-order valence-electron chi connectivity index (χ2n) is 15.1. The highest BCUT2D eigenvalue weighted by atomic mass is 35.5. The van der Waals surface area contributed by atoms with Crippen LogP contribution in [0.4, 0.5) is 11.4 Å². The number of likely N-dealkylation sites (tertiary alicyclic amines) is 2. The molecule has 2 N–H and O–H groups in total. The van der Waals surface area contributed by atoms with Gasteiger partial charge in [0.1, 0.15) is 5.02 Å². The van der Waals surface area contributed by atoms with Crippen molar-refractivity contribution in [3.63, 3.8) is 0 Å². The predicted octanol–water partition coefficient (Wildman–Crippen LogP) is 4.08. The summed E-state index contributed by atoms with van der Waals surface area (Å²) in [6.07, 6.45) is 9.36. The number of nitrogens with one attached hydrogen (secondary N) is 2. The Morgan fingerprint density at radius 2 is 1.69 bits per heavy atom. The van der Waals surface area contributed by atoms with Crippen molar-refractivity contribution in [3.8, 4) is 0 Å². The molecule has 4 aliphatic rings. The number of amides is 3. The molecule has 6 heterocycles. The van der Waals surface area contributed by atoms with Gasteiger partial charge in [-0.15, -0.1) is 0 Å². The molecule has 0 aliphatic carbocycles. The first kappa shape index (κ1) is 35.1. The summed E-state index contributed by atoms with van der Waals surface area (Å²) in [6.45, 7) is 7.14. The van der Waals surface area contributed by atoms with E-state index in [0.29, 0.717) is 18.5 Å². The Hall–Kier alpha value is -4.29. The molecule has 51 heavy (non-hydrogen) atoms. The number of aryl methyl sites for hydroxylation is 2. The molecule has 3 atom stereocenters. The molecule has 3 amide bonds. The summed E-state index contributed by atoms with van der Waals surface area (Å²) in [5.74, 6) is -0.475. The van der Waals surface area contributed by atoms with E-state index in [4.69, 9.17) is 16.6 Å². The first-order chi connectivity index (χ1) is 24.5. The lowest BCUT2D eigenvalue weighted by atomic mass is 9.71. The minimum atomic E-state index is -0.375. The van der Waals surface area contributed by atoms with Gasteiger partial charge in [-0.25, -0.2) is 4.68 Å². The van der Waals surface area contributed by atoms with Crippen LogP contribution in [0.1, 0.15) is 84.0 Å². The quantitative estimate of drug-likeness (QED) is 0.363. The lowest BCUT2D eigenvalue weighted by Crippen LogP contribution is -2.48. The molecule has 7 rings (SSSR count). The third kappa shape index (κ3) is 7.39.